The zero-order valence-corrected chi connectivity index (χ0v) is 16.2. The van der Waals surface area contributed by atoms with E-state index in [0.29, 0.717) is 11.3 Å². The lowest BCUT2D eigenvalue weighted by atomic mass is 9.77. The van der Waals surface area contributed by atoms with Gasteiger partial charge in [0.15, 0.2) is 0 Å². The lowest BCUT2D eigenvalue weighted by molar-refractivity contribution is 0.308. The molecule has 0 N–H and O–H groups in total. The van der Waals surface area contributed by atoms with Crippen molar-refractivity contribution >= 4 is 10.8 Å². The Kier molecular flexibility index (Phi) is 5.43. The van der Waals surface area contributed by atoms with E-state index >= 15 is 4.39 Å². The summed E-state index contributed by atoms with van der Waals surface area (Å²) in [7, 11) is 0. The summed E-state index contributed by atoms with van der Waals surface area (Å²) in [6.07, 6.45) is 7.50. The van der Waals surface area contributed by atoms with E-state index in [9.17, 15) is 8.78 Å². The fourth-order valence-corrected chi connectivity index (χ4v) is 4.67. The summed E-state index contributed by atoms with van der Waals surface area (Å²) in [5.41, 5.74) is 1.51. The van der Waals surface area contributed by atoms with Gasteiger partial charge < -0.3 is 0 Å². The highest BCUT2D eigenvalue weighted by Gasteiger charge is 2.22. The highest BCUT2D eigenvalue weighted by atomic mass is 19.1. The minimum Gasteiger partial charge on any atom is -0.207 e. The molecule has 0 aliphatic heterocycles. The van der Waals surface area contributed by atoms with Crippen LogP contribution in [0.4, 0.5) is 13.2 Å². The SMILES string of the molecule is CCCC1CCC(c2ccc3c(F)c(-c4ccc(F)cc4F)ccc3c2)CC1. The summed E-state index contributed by atoms with van der Waals surface area (Å²) >= 11 is 0. The Bertz CT molecular complexity index is 984. The molecule has 0 aromatic heterocycles. The van der Waals surface area contributed by atoms with Gasteiger partial charge in [0, 0.05) is 22.6 Å². The number of rotatable bonds is 4. The Labute approximate surface area is 164 Å². The van der Waals surface area contributed by atoms with Gasteiger partial charge in [0.1, 0.15) is 17.5 Å². The van der Waals surface area contributed by atoms with Crippen LogP contribution in [0.2, 0.25) is 0 Å². The van der Waals surface area contributed by atoms with Gasteiger partial charge in [-0.3, -0.25) is 0 Å². The highest BCUT2D eigenvalue weighted by molar-refractivity contribution is 5.89. The average molecular weight is 382 g/mol. The van der Waals surface area contributed by atoms with Crippen molar-refractivity contribution in [3.8, 4) is 11.1 Å². The molecule has 1 aliphatic rings. The Hall–Kier alpha value is -2.29. The topological polar surface area (TPSA) is 0 Å². The van der Waals surface area contributed by atoms with Crippen molar-refractivity contribution in [3.63, 3.8) is 0 Å². The van der Waals surface area contributed by atoms with Gasteiger partial charge in [-0.05, 0) is 60.6 Å². The lowest BCUT2D eigenvalue weighted by Gasteiger charge is -2.28. The van der Waals surface area contributed by atoms with Crippen molar-refractivity contribution in [3.05, 3.63) is 71.5 Å². The molecule has 1 aliphatic carbocycles. The monoisotopic (exact) mass is 382 g/mol. The first-order chi connectivity index (χ1) is 13.6. The van der Waals surface area contributed by atoms with Crippen molar-refractivity contribution in [2.75, 3.05) is 0 Å². The van der Waals surface area contributed by atoms with Crippen LogP contribution in [0, 0.1) is 23.4 Å². The predicted molar refractivity (Wildman–Crippen MR) is 109 cm³/mol. The minimum atomic E-state index is -0.751. The molecular weight excluding hydrogens is 357 g/mol. The number of halogens is 3. The second kappa shape index (κ2) is 7.98. The quantitative estimate of drug-likeness (QED) is 0.429. The van der Waals surface area contributed by atoms with E-state index in [4.69, 9.17) is 0 Å². The zero-order valence-electron chi connectivity index (χ0n) is 16.2. The van der Waals surface area contributed by atoms with Gasteiger partial charge in [0.2, 0.25) is 0 Å². The second-order valence-corrected chi connectivity index (χ2v) is 8.04. The molecule has 0 amide bonds. The molecule has 0 saturated heterocycles. The van der Waals surface area contributed by atoms with E-state index in [1.165, 1.54) is 50.2 Å². The van der Waals surface area contributed by atoms with Crippen molar-refractivity contribution in [2.24, 2.45) is 5.92 Å². The number of fused-ring (bicyclic) bond motifs is 1. The van der Waals surface area contributed by atoms with Crippen LogP contribution in [-0.4, -0.2) is 0 Å². The van der Waals surface area contributed by atoms with Crippen molar-refractivity contribution in [1.82, 2.24) is 0 Å². The molecule has 0 bridgehead atoms. The molecule has 28 heavy (non-hydrogen) atoms. The molecule has 0 unspecified atom stereocenters. The van der Waals surface area contributed by atoms with Crippen LogP contribution in [0.15, 0.2) is 48.5 Å². The minimum absolute atomic E-state index is 0.0825. The Morgan fingerprint density at radius 1 is 0.821 bits per heavy atom. The van der Waals surface area contributed by atoms with Gasteiger partial charge in [-0.15, -0.1) is 0 Å². The summed E-state index contributed by atoms with van der Waals surface area (Å²) in [5.74, 6) is -0.484. The second-order valence-electron chi connectivity index (χ2n) is 8.04. The fraction of sp³-hybridized carbons (Fsp3) is 0.360. The first kappa shape index (κ1) is 19.0. The normalized spacial score (nSPS) is 19.9. The molecule has 0 nitrogen and oxygen atoms in total. The van der Waals surface area contributed by atoms with E-state index in [-0.39, 0.29) is 11.1 Å². The first-order valence-electron chi connectivity index (χ1n) is 10.2. The van der Waals surface area contributed by atoms with Crippen LogP contribution in [0.1, 0.15) is 56.9 Å². The Morgan fingerprint density at radius 2 is 1.57 bits per heavy atom. The van der Waals surface area contributed by atoms with Crippen molar-refractivity contribution < 1.29 is 13.2 Å². The van der Waals surface area contributed by atoms with E-state index in [0.717, 1.165) is 23.4 Å². The molecular formula is C25H25F3. The molecule has 4 rings (SSSR count). The molecule has 0 spiro atoms. The lowest BCUT2D eigenvalue weighted by Crippen LogP contribution is -2.13. The summed E-state index contributed by atoms with van der Waals surface area (Å²) in [5, 5.41) is 1.31. The van der Waals surface area contributed by atoms with Crippen LogP contribution in [-0.2, 0) is 0 Å². The maximum Gasteiger partial charge on any atom is 0.138 e. The van der Waals surface area contributed by atoms with Crippen LogP contribution in [0.3, 0.4) is 0 Å². The van der Waals surface area contributed by atoms with Crippen LogP contribution < -0.4 is 0 Å². The van der Waals surface area contributed by atoms with Gasteiger partial charge >= 0.3 is 0 Å². The van der Waals surface area contributed by atoms with Crippen LogP contribution >= 0.6 is 0 Å². The summed E-state index contributed by atoms with van der Waals surface area (Å²) in [4.78, 5) is 0. The summed E-state index contributed by atoms with van der Waals surface area (Å²) < 4.78 is 42.4. The van der Waals surface area contributed by atoms with Gasteiger partial charge in [-0.2, -0.15) is 0 Å². The third-order valence-corrected chi connectivity index (χ3v) is 6.21. The molecule has 1 fully saturated rings. The number of hydrogen-bond acceptors (Lipinski definition) is 0. The Morgan fingerprint density at radius 3 is 2.29 bits per heavy atom. The first-order valence-corrected chi connectivity index (χ1v) is 10.2. The smallest absolute Gasteiger partial charge is 0.138 e. The highest BCUT2D eigenvalue weighted by Crippen LogP contribution is 2.39. The summed E-state index contributed by atoms with van der Waals surface area (Å²) in [6, 6.07) is 12.6. The zero-order chi connectivity index (χ0) is 19.7. The Balaban J connectivity index is 1.63. The van der Waals surface area contributed by atoms with Crippen LogP contribution in [0.5, 0.6) is 0 Å². The van der Waals surface area contributed by atoms with Crippen molar-refractivity contribution in [2.45, 2.75) is 51.4 Å². The van der Waals surface area contributed by atoms with Crippen molar-refractivity contribution in [1.29, 1.82) is 0 Å². The molecule has 3 heteroatoms. The van der Waals surface area contributed by atoms with E-state index in [1.807, 2.05) is 18.2 Å². The standard InChI is InChI=1S/C25H25F3/c1-2-3-16-4-6-17(7-5-16)18-8-11-21-19(14-18)9-12-23(25(21)28)22-13-10-20(26)15-24(22)27/h8-17H,2-7H2,1H3. The largest absolute Gasteiger partial charge is 0.207 e. The molecule has 0 atom stereocenters. The molecule has 0 radical (unpaired) electrons. The molecule has 146 valence electrons. The fourth-order valence-electron chi connectivity index (χ4n) is 4.67. The molecule has 3 aromatic carbocycles. The number of hydrogen-bond donors (Lipinski definition) is 0. The van der Waals surface area contributed by atoms with E-state index < -0.39 is 17.5 Å². The van der Waals surface area contributed by atoms with Gasteiger partial charge in [-0.25, -0.2) is 13.2 Å². The van der Waals surface area contributed by atoms with Crippen LogP contribution in [0.25, 0.3) is 21.9 Å². The maximum absolute atomic E-state index is 15.1. The molecule has 3 aromatic rings. The van der Waals surface area contributed by atoms with Gasteiger partial charge in [0.25, 0.3) is 0 Å². The average Bonchev–Trinajstić information content (AvgIpc) is 2.70. The predicted octanol–water partition coefficient (Wildman–Crippen LogP) is 8.00. The number of benzene rings is 3. The van der Waals surface area contributed by atoms with E-state index in [1.54, 1.807) is 6.07 Å². The third kappa shape index (κ3) is 3.67. The maximum atomic E-state index is 15.1. The van der Waals surface area contributed by atoms with E-state index in [2.05, 4.69) is 13.0 Å². The molecule has 1 saturated carbocycles. The summed E-state index contributed by atoms with van der Waals surface area (Å²) in [6.45, 7) is 2.25. The molecule has 0 heterocycles. The van der Waals surface area contributed by atoms with Gasteiger partial charge in [0.05, 0.1) is 0 Å². The third-order valence-electron chi connectivity index (χ3n) is 6.21. The van der Waals surface area contributed by atoms with Gasteiger partial charge in [-0.1, -0.05) is 50.1 Å².